The summed E-state index contributed by atoms with van der Waals surface area (Å²) in [6.45, 7) is 2.75. The number of hydrogen-bond acceptors (Lipinski definition) is 5. The fourth-order valence-electron chi connectivity index (χ4n) is 2.52. The van der Waals surface area contributed by atoms with Gasteiger partial charge in [-0.3, -0.25) is 4.68 Å². The highest BCUT2D eigenvalue weighted by atomic mass is 16.5. The fraction of sp³-hybridized carbons (Fsp3) is 0.462. The zero-order valence-corrected chi connectivity index (χ0v) is 10.8. The van der Waals surface area contributed by atoms with Gasteiger partial charge in [-0.25, -0.2) is 0 Å². The highest BCUT2D eigenvalue weighted by Gasteiger charge is 2.29. The predicted molar refractivity (Wildman–Crippen MR) is 71.8 cm³/mol. The first-order chi connectivity index (χ1) is 9.08. The number of nitrogens with two attached hydrogens (primary N) is 2. The van der Waals surface area contributed by atoms with Gasteiger partial charge in [0, 0.05) is 17.0 Å². The smallest absolute Gasteiger partial charge is 0.126 e. The molecule has 2 unspecified atom stereocenters. The summed E-state index contributed by atoms with van der Waals surface area (Å²) in [5.41, 5.74) is 13.7. The molecule has 0 radical (unpaired) electrons. The van der Waals surface area contributed by atoms with Gasteiger partial charge in [0.1, 0.15) is 18.5 Å². The van der Waals surface area contributed by atoms with Crippen LogP contribution in [0.2, 0.25) is 0 Å². The lowest BCUT2D eigenvalue weighted by molar-refractivity contribution is 0.0684. The van der Waals surface area contributed by atoms with Crippen LogP contribution in [0.15, 0.2) is 18.3 Å². The van der Waals surface area contributed by atoms with Gasteiger partial charge in [-0.1, -0.05) is 0 Å². The van der Waals surface area contributed by atoms with E-state index in [9.17, 15) is 5.11 Å². The molecule has 0 fully saturated rings. The molecule has 0 bridgehead atoms. The van der Waals surface area contributed by atoms with E-state index in [1.54, 1.807) is 6.20 Å². The average molecular weight is 262 g/mol. The van der Waals surface area contributed by atoms with Gasteiger partial charge in [0.05, 0.1) is 24.3 Å². The molecular weight excluding hydrogens is 244 g/mol. The molecule has 3 atom stereocenters. The maximum atomic E-state index is 9.89. The van der Waals surface area contributed by atoms with Crippen molar-refractivity contribution in [3.63, 3.8) is 0 Å². The normalized spacial score (nSPS) is 24.0. The molecule has 1 aromatic heterocycles. The summed E-state index contributed by atoms with van der Waals surface area (Å²) >= 11 is 0. The molecule has 102 valence electrons. The molecule has 0 aliphatic carbocycles. The molecule has 1 aliphatic heterocycles. The van der Waals surface area contributed by atoms with Crippen molar-refractivity contribution in [1.29, 1.82) is 0 Å². The van der Waals surface area contributed by atoms with E-state index in [4.69, 9.17) is 16.2 Å². The Labute approximate surface area is 110 Å². The van der Waals surface area contributed by atoms with Crippen molar-refractivity contribution in [3.8, 4) is 5.75 Å². The molecule has 1 aliphatic rings. The fourth-order valence-corrected chi connectivity index (χ4v) is 2.52. The molecular formula is C13H18N4O2. The number of aliphatic hydroxyl groups excluding tert-OH is 1. The second-order valence-corrected chi connectivity index (χ2v) is 5.12. The molecule has 0 spiro atoms. The molecule has 2 aromatic rings. The second-order valence-electron chi connectivity index (χ2n) is 5.12. The van der Waals surface area contributed by atoms with Crippen LogP contribution in [0.25, 0.3) is 10.9 Å². The van der Waals surface area contributed by atoms with E-state index in [1.807, 2.05) is 23.7 Å². The number of rotatable bonds is 2. The van der Waals surface area contributed by atoms with Crippen LogP contribution in [0, 0.1) is 0 Å². The third-order valence-electron chi connectivity index (χ3n) is 3.42. The van der Waals surface area contributed by atoms with Gasteiger partial charge in [0.15, 0.2) is 0 Å². The molecule has 6 nitrogen and oxygen atoms in total. The van der Waals surface area contributed by atoms with E-state index in [2.05, 4.69) is 5.10 Å². The first kappa shape index (κ1) is 12.4. The summed E-state index contributed by atoms with van der Waals surface area (Å²) in [4.78, 5) is 0. The lowest BCUT2D eigenvalue weighted by atomic mass is 9.97. The molecule has 0 saturated heterocycles. The first-order valence-corrected chi connectivity index (χ1v) is 6.38. The third kappa shape index (κ3) is 1.98. The number of benzene rings is 1. The molecule has 19 heavy (non-hydrogen) atoms. The van der Waals surface area contributed by atoms with Crippen LogP contribution < -0.4 is 16.2 Å². The van der Waals surface area contributed by atoms with Crippen LogP contribution in [0.5, 0.6) is 5.75 Å². The maximum absolute atomic E-state index is 9.89. The Hall–Kier alpha value is -1.63. The zero-order valence-electron chi connectivity index (χ0n) is 10.8. The van der Waals surface area contributed by atoms with Gasteiger partial charge in [-0.05, 0) is 19.1 Å². The zero-order chi connectivity index (χ0) is 13.6. The number of fused-ring (bicyclic) bond motifs is 3. The van der Waals surface area contributed by atoms with Crippen molar-refractivity contribution in [1.82, 2.24) is 9.78 Å². The van der Waals surface area contributed by atoms with Crippen molar-refractivity contribution in [3.05, 3.63) is 23.9 Å². The van der Waals surface area contributed by atoms with Crippen LogP contribution in [-0.2, 0) is 6.54 Å². The van der Waals surface area contributed by atoms with Crippen LogP contribution in [-0.4, -0.2) is 33.6 Å². The molecule has 5 N–H and O–H groups in total. The van der Waals surface area contributed by atoms with Crippen molar-refractivity contribution in [2.45, 2.75) is 31.7 Å². The Kier molecular flexibility index (Phi) is 2.93. The standard InChI is InChI=1S/C13H18N4O2/c1-7(14)5-17-13-8(4-16-17)2-3-10-11(13)12(15)9(18)6-19-10/h2-4,7,9,12,18H,5-6,14-15H2,1H3/t7-,9?,12?/m0/s1. The SMILES string of the molecule is C[C@H](N)Cn1ncc2ccc3c(c21)C(N)C(O)CO3. The van der Waals surface area contributed by atoms with Crippen LogP contribution in [0.4, 0.5) is 0 Å². The van der Waals surface area contributed by atoms with Crippen LogP contribution in [0.3, 0.4) is 0 Å². The number of aromatic nitrogens is 2. The lowest BCUT2D eigenvalue weighted by Crippen LogP contribution is -2.36. The van der Waals surface area contributed by atoms with E-state index in [-0.39, 0.29) is 12.6 Å². The van der Waals surface area contributed by atoms with Crippen molar-refractivity contribution in [2.75, 3.05) is 6.61 Å². The largest absolute Gasteiger partial charge is 0.490 e. The van der Waals surface area contributed by atoms with E-state index >= 15 is 0 Å². The summed E-state index contributed by atoms with van der Waals surface area (Å²) in [5.74, 6) is 0.719. The van der Waals surface area contributed by atoms with E-state index in [1.165, 1.54) is 0 Å². The minimum Gasteiger partial charge on any atom is -0.490 e. The summed E-state index contributed by atoms with van der Waals surface area (Å²) in [6, 6.07) is 3.35. The first-order valence-electron chi connectivity index (χ1n) is 6.38. The van der Waals surface area contributed by atoms with Gasteiger partial charge < -0.3 is 21.3 Å². The summed E-state index contributed by atoms with van der Waals surface area (Å²) in [5, 5.41) is 15.2. The molecule has 2 heterocycles. The average Bonchev–Trinajstić information content (AvgIpc) is 2.76. The Balaban J connectivity index is 2.21. The van der Waals surface area contributed by atoms with Crippen molar-refractivity contribution in [2.24, 2.45) is 11.5 Å². The minimum atomic E-state index is -0.697. The summed E-state index contributed by atoms with van der Waals surface area (Å²) < 4.78 is 7.37. The lowest BCUT2D eigenvalue weighted by Gasteiger charge is -2.28. The number of hydrogen-bond donors (Lipinski definition) is 3. The maximum Gasteiger partial charge on any atom is 0.126 e. The molecule has 0 amide bonds. The van der Waals surface area contributed by atoms with Crippen LogP contribution >= 0.6 is 0 Å². The van der Waals surface area contributed by atoms with Crippen molar-refractivity contribution < 1.29 is 9.84 Å². The Morgan fingerprint density at radius 3 is 3.11 bits per heavy atom. The monoisotopic (exact) mass is 262 g/mol. The summed E-state index contributed by atoms with van der Waals surface area (Å²) in [6.07, 6.45) is 1.09. The topological polar surface area (TPSA) is 99.3 Å². The van der Waals surface area contributed by atoms with Gasteiger partial charge in [-0.15, -0.1) is 0 Å². The van der Waals surface area contributed by atoms with Gasteiger partial charge in [-0.2, -0.15) is 5.10 Å². The number of ether oxygens (including phenoxy) is 1. The Bertz CT molecular complexity index is 608. The van der Waals surface area contributed by atoms with E-state index in [0.29, 0.717) is 6.54 Å². The van der Waals surface area contributed by atoms with E-state index in [0.717, 1.165) is 22.2 Å². The molecule has 3 rings (SSSR count). The minimum absolute atomic E-state index is 0.00962. The molecule has 6 heteroatoms. The van der Waals surface area contributed by atoms with Gasteiger partial charge >= 0.3 is 0 Å². The highest BCUT2D eigenvalue weighted by molar-refractivity contribution is 5.85. The highest BCUT2D eigenvalue weighted by Crippen LogP contribution is 2.36. The predicted octanol–water partition coefficient (Wildman–Crippen LogP) is 0.137. The second kappa shape index (κ2) is 4.48. The molecule has 1 aromatic carbocycles. The van der Waals surface area contributed by atoms with Crippen molar-refractivity contribution >= 4 is 10.9 Å². The van der Waals surface area contributed by atoms with Gasteiger partial charge in [0.25, 0.3) is 0 Å². The summed E-state index contributed by atoms with van der Waals surface area (Å²) in [7, 11) is 0. The number of aliphatic hydroxyl groups is 1. The number of nitrogens with zero attached hydrogens (tertiary/aromatic N) is 2. The van der Waals surface area contributed by atoms with Gasteiger partial charge in [0.2, 0.25) is 0 Å². The van der Waals surface area contributed by atoms with Crippen LogP contribution in [0.1, 0.15) is 18.5 Å². The Morgan fingerprint density at radius 2 is 2.37 bits per heavy atom. The quantitative estimate of drug-likeness (QED) is 0.714. The van der Waals surface area contributed by atoms with E-state index < -0.39 is 12.1 Å². The Morgan fingerprint density at radius 1 is 1.58 bits per heavy atom. The molecule has 0 saturated carbocycles. The third-order valence-corrected chi connectivity index (χ3v) is 3.42.